The quantitative estimate of drug-likeness (QED) is 0.645. The van der Waals surface area contributed by atoms with Gasteiger partial charge in [0.15, 0.2) is 0 Å². The van der Waals surface area contributed by atoms with Gasteiger partial charge in [0.25, 0.3) is 0 Å². The Hall–Kier alpha value is -2.53. The van der Waals surface area contributed by atoms with E-state index in [1.807, 2.05) is 13.1 Å². The fourth-order valence-corrected chi connectivity index (χ4v) is 4.71. The molecule has 0 radical (unpaired) electrons. The van der Waals surface area contributed by atoms with E-state index in [1.54, 1.807) is 0 Å². The molecule has 2 heteroatoms. The maximum absolute atomic E-state index is 4.41. The molecule has 3 heterocycles. The van der Waals surface area contributed by atoms with Crippen LogP contribution in [0, 0.1) is 17.8 Å². The summed E-state index contributed by atoms with van der Waals surface area (Å²) in [7, 11) is 0. The van der Waals surface area contributed by atoms with Crippen molar-refractivity contribution in [2.75, 3.05) is 0 Å². The molecule has 2 aromatic rings. The molecule has 0 bridgehead atoms. The van der Waals surface area contributed by atoms with Crippen LogP contribution in [0.25, 0.3) is 22.2 Å². The number of allylic oxidation sites excluding steroid dienone is 6. The van der Waals surface area contributed by atoms with Crippen LogP contribution in [-0.2, 0) is 6.42 Å². The molecule has 0 aromatic carbocycles. The second-order valence-electron chi connectivity index (χ2n) is 7.30. The molecule has 3 aliphatic rings. The zero-order chi connectivity index (χ0) is 16.8. The molecular weight excluding hydrogens is 304 g/mol. The molecule has 0 saturated heterocycles. The smallest absolute Gasteiger partial charge is 0.0567 e. The van der Waals surface area contributed by atoms with Crippen molar-refractivity contribution >= 4 is 22.2 Å². The maximum atomic E-state index is 4.41. The van der Waals surface area contributed by atoms with Crippen LogP contribution in [0.4, 0.5) is 0 Å². The van der Waals surface area contributed by atoms with Crippen molar-refractivity contribution in [3.05, 3.63) is 53.5 Å². The monoisotopic (exact) mass is 326 g/mol. The second kappa shape index (κ2) is 5.77. The highest BCUT2D eigenvalue weighted by molar-refractivity contribution is 5.96. The molecule has 0 saturated carbocycles. The summed E-state index contributed by atoms with van der Waals surface area (Å²) in [4.78, 5) is 4.41. The Morgan fingerprint density at radius 2 is 2.24 bits per heavy atom. The summed E-state index contributed by atoms with van der Waals surface area (Å²) in [5.41, 5.74) is 8.62. The van der Waals surface area contributed by atoms with Gasteiger partial charge in [-0.05, 0) is 67.7 Å². The number of rotatable bonds is 1. The third-order valence-corrected chi connectivity index (χ3v) is 5.88. The highest BCUT2D eigenvalue weighted by Gasteiger charge is 2.29. The summed E-state index contributed by atoms with van der Waals surface area (Å²) >= 11 is 0. The van der Waals surface area contributed by atoms with E-state index in [1.165, 1.54) is 45.4 Å². The van der Waals surface area contributed by atoms with Crippen molar-refractivity contribution < 1.29 is 0 Å². The lowest BCUT2D eigenvalue weighted by molar-refractivity contribution is 0.482. The van der Waals surface area contributed by atoms with Gasteiger partial charge in [0.05, 0.1) is 11.2 Å². The molecule has 1 aliphatic heterocycles. The minimum atomic E-state index is 0.693. The standard InChI is InChI=1S/C23H22N2/c1-2-3-5-16-8-11-21-18(14-16)10-9-17-6-4-7-19-20-15-24-13-12-22(20)25(21)23(17)19/h6,9-10,12-13,15-16H,4-5,7-8,11,14H2,1H3. The highest BCUT2D eigenvalue weighted by atomic mass is 15.0. The number of aromatic nitrogens is 2. The SMILES string of the molecule is CC#CCC1CCC2=C(C=CC3=CCCc4c3n2c2ccncc42)C1. The molecule has 5 rings (SSSR count). The van der Waals surface area contributed by atoms with Crippen LogP contribution in [-0.4, -0.2) is 9.55 Å². The summed E-state index contributed by atoms with van der Waals surface area (Å²) in [6.07, 6.45) is 17.9. The Balaban J connectivity index is 1.72. The van der Waals surface area contributed by atoms with E-state index in [0.29, 0.717) is 5.92 Å². The van der Waals surface area contributed by atoms with E-state index in [0.717, 1.165) is 32.1 Å². The Morgan fingerprint density at radius 3 is 3.16 bits per heavy atom. The Kier molecular flexibility index (Phi) is 3.41. The van der Waals surface area contributed by atoms with Crippen LogP contribution in [0.5, 0.6) is 0 Å². The van der Waals surface area contributed by atoms with Crippen LogP contribution >= 0.6 is 0 Å². The van der Waals surface area contributed by atoms with Gasteiger partial charge >= 0.3 is 0 Å². The summed E-state index contributed by atoms with van der Waals surface area (Å²) in [5, 5.41) is 1.34. The van der Waals surface area contributed by atoms with Gasteiger partial charge < -0.3 is 4.57 Å². The van der Waals surface area contributed by atoms with Crippen molar-refractivity contribution in [2.24, 2.45) is 5.92 Å². The minimum absolute atomic E-state index is 0.693. The summed E-state index contributed by atoms with van der Waals surface area (Å²) in [5.74, 6) is 7.04. The first kappa shape index (κ1) is 14.8. The third-order valence-electron chi connectivity index (χ3n) is 5.88. The fourth-order valence-electron chi connectivity index (χ4n) is 4.71. The van der Waals surface area contributed by atoms with Crippen LogP contribution in [0.1, 0.15) is 50.3 Å². The minimum Gasteiger partial charge on any atom is -0.312 e. The van der Waals surface area contributed by atoms with Gasteiger partial charge in [-0.3, -0.25) is 4.98 Å². The molecule has 0 fully saturated rings. The van der Waals surface area contributed by atoms with Gasteiger partial charge in [-0.15, -0.1) is 11.8 Å². The van der Waals surface area contributed by atoms with Crippen molar-refractivity contribution in [3.8, 4) is 11.8 Å². The van der Waals surface area contributed by atoms with E-state index < -0.39 is 0 Å². The predicted octanol–water partition coefficient (Wildman–Crippen LogP) is 5.36. The van der Waals surface area contributed by atoms with Crippen molar-refractivity contribution in [3.63, 3.8) is 0 Å². The summed E-state index contributed by atoms with van der Waals surface area (Å²) < 4.78 is 2.55. The molecular formula is C23H22N2. The van der Waals surface area contributed by atoms with E-state index in [9.17, 15) is 0 Å². The number of nitrogens with zero attached hydrogens (tertiary/aromatic N) is 2. The topological polar surface area (TPSA) is 17.8 Å². The molecule has 0 amide bonds. The van der Waals surface area contributed by atoms with Crippen LogP contribution in [0.15, 0.2) is 42.3 Å². The number of hydrogen-bond donors (Lipinski definition) is 0. The zero-order valence-electron chi connectivity index (χ0n) is 14.7. The molecule has 0 spiro atoms. The van der Waals surface area contributed by atoms with E-state index in [4.69, 9.17) is 0 Å². The Morgan fingerprint density at radius 1 is 1.28 bits per heavy atom. The second-order valence-corrected chi connectivity index (χ2v) is 7.30. The Labute approximate surface area is 149 Å². The molecule has 25 heavy (non-hydrogen) atoms. The zero-order valence-corrected chi connectivity index (χ0v) is 14.7. The van der Waals surface area contributed by atoms with Crippen molar-refractivity contribution in [1.29, 1.82) is 0 Å². The van der Waals surface area contributed by atoms with E-state index >= 15 is 0 Å². The average Bonchev–Trinajstić information content (AvgIpc) is 2.89. The van der Waals surface area contributed by atoms with Gasteiger partial charge in [0.2, 0.25) is 0 Å². The largest absolute Gasteiger partial charge is 0.312 e. The van der Waals surface area contributed by atoms with Gasteiger partial charge in [-0.25, -0.2) is 0 Å². The lowest BCUT2D eigenvalue weighted by Gasteiger charge is -2.26. The first-order chi connectivity index (χ1) is 12.4. The number of aryl methyl sites for hydroxylation is 1. The Bertz CT molecular complexity index is 1020. The molecule has 2 aromatic heterocycles. The summed E-state index contributed by atoms with van der Waals surface area (Å²) in [6, 6.07) is 2.19. The third kappa shape index (κ3) is 2.23. The molecule has 2 aliphatic carbocycles. The maximum Gasteiger partial charge on any atom is 0.0567 e. The van der Waals surface area contributed by atoms with Crippen LogP contribution < -0.4 is 0 Å². The fraction of sp³-hybridized carbons (Fsp3) is 0.348. The number of fused-ring (bicyclic) bond motifs is 4. The number of hydrogen-bond acceptors (Lipinski definition) is 1. The molecule has 0 N–H and O–H groups in total. The van der Waals surface area contributed by atoms with Crippen LogP contribution in [0.2, 0.25) is 0 Å². The first-order valence-corrected chi connectivity index (χ1v) is 9.34. The normalized spacial score (nSPS) is 21.2. The molecule has 1 unspecified atom stereocenters. The first-order valence-electron chi connectivity index (χ1n) is 9.34. The molecule has 2 nitrogen and oxygen atoms in total. The van der Waals surface area contributed by atoms with E-state index in [2.05, 4.69) is 51.9 Å². The summed E-state index contributed by atoms with van der Waals surface area (Å²) in [6.45, 7) is 1.94. The van der Waals surface area contributed by atoms with Gasteiger partial charge in [-0.2, -0.15) is 0 Å². The highest BCUT2D eigenvalue weighted by Crippen LogP contribution is 2.44. The molecule has 1 atom stereocenters. The van der Waals surface area contributed by atoms with Crippen molar-refractivity contribution in [2.45, 2.75) is 45.4 Å². The molecule has 124 valence electrons. The predicted molar refractivity (Wildman–Crippen MR) is 104 cm³/mol. The van der Waals surface area contributed by atoms with Crippen LogP contribution in [0.3, 0.4) is 0 Å². The van der Waals surface area contributed by atoms with Gasteiger partial charge in [0, 0.05) is 29.9 Å². The lowest BCUT2D eigenvalue weighted by Crippen LogP contribution is -2.13. The number of pyridine rings is 1. The average molecular weight is 326 g/mol. The van der Waals surface area contributed by atoms with Crippen molar-refractivity contribution in [1.82, 2.24) is 9.55 Å². The lowest BCUT2D eigenvalue weighted by atomic mass is 9.84. The van der Waals surface area contributed by atoms with E-state index in [-0.39, 0.29) is 0 Å². The van der Waals surface area contributed by atoms with Gasteiger partial charge in [0.1, 0.15) is 0 Å². The van der Waals surface area contributed by atoms with Gasteiger partial charge in [-0.1, -0.05) is 18.2 Å².